The first-order valence-corrected chi connectivity index (χ1v) is 10.8. The monoisotopic (exact) mass is 396 g/mol. The second-order valence-electron chi connectivity index (χ2n) is 8.07. The molecule has 1 N–H and O–H groups in total. The highest BCUT2D eigenvalue weighted by Gasteiger charge is 2.37. The molecule has 0 radical (unpaired) electrons. The number of benzene rings is 1. The number of fused-ring (bicyclic) bond motifs is 3. The van der Waals surface area contributed by atoms with Crippen LogP contribution in [0.4, 0.5) is 0 Å². The van der Waals surface area contributed by atoms with Crippen molar-refractivity contribution >= 4 is 33.2 Å². The van der Waals surface area contributed by atoms with E-state index in [9.17, 15) is 9.59 Å². The van der Waals surface area contributed by atoms with Crippen LogP contribution in [0.5, 0.6) is 0 Å². The fourth-order valence-corrected chi connectivity index (χ4v) is 5.78. The van der Waals surface area contributed by atoms with Gasteiger partial charge in [0.15, 0.2) is 0 Å². The van der Waals surface area contributed by atoms with Crippen LogP contribution in [0, 0.1) is 0 Å². The Morgan fingerprint density at radius 2 is 2.07 bits per heavy atom. The molecule has 1 aromatic carbocycles. The van der Waals surface area contributed by atoms with E-state index in [1.54, 1.807) is 0 Å². The first kappa shape index (κ1) is 17.9. The molecular formula is C22H24N2O3S. The van der Waals surface area contributed by atoms with Crippen molar-refractivity contribution in [1.82, 2.24) is 10.2 Å². The third-order valence-electron chi connectivity index (χ3n) is 6.20. The minimum absolute atomic E-state index is 0.00693. The summed E-state index contributed by atoms with van der Waals surface area (Å²) in [6, 6.07) is 5.87. The summed E-state index contributed by atoms with van der Waals surface area (Å²) in [6.45, 7) is 5.04. The van der Waals surface area contributed by atoms with Crippen LogP contribution in [-0.2, 0) is 11.2 Å². The molecule has 0 aliphatic carbocycles. The van der Waals surface area contributed by atoms with E-state index in [0.717, 1.165) is 52.8 Å². The minimum Gasteiger partial charge on any atom is -0.370 e. The summed E-state index contributed by atoms with van der Waals surface area (Å²) in [6.07, 6.45) is 5.81. The van der Waals surface area contributed by atoms with Crippen LogP contribution in [0.1, 0.15) is 51.8 Å². The summed E-state index contributed by atoms with van der Waals surface area (Å²) in [5.74, 6) is 0.0842. The molecule has 0 unspecified atom stereocenters. The van der Waals surface area contributed by atoms with Crippen LogP contribution in [-0.4, -0.2) is 48.6 Å². The lowest BCUT2D eigenvalue weighted by molar-refractivity contribution is -0.0522. The second-order valence-corrected chi connectivity index (χ2v) is 9.12. The summed E-state index contributed by atoms with van der Waals surface area (Å²) < 4.78 is 7.16. The highest BCUT2D eigenvalue weighted by Crippen LogP contribution is 2.36. The van der Waals surface area contributed by atoms with Crippen molar-refractivity contribution in [3.63, 3.8) is 0 Å². The average Bonchev–Trinajstić information content (AvgIpc) is 3.07. The van der Waals surface area contributed by atoms with Crippen molar-refractivity contribution in [3.8, 4) is 0 Å². The van der Waals surface area contributed by atoms with Crippen molar-refractivity contribution in [2.45, 2.75) is 38.2 Å². The maximum absolute atomic E-state index is 13.1. The third kappa shape index (κ3) is 2.95. The molecule has 3 aliphatic heterocycles. The average molecular weight is 397 g/mol. The molecular weight excluding hydrogens is 372 g/mol. The standard InChI is InChI=1S/C22H24N2O3S/c1-14-5-11-27-22(13-14)6-9-24(10-7-22)21(26)15-2-3-18-17(12-15)16-4-8-23-20(25)19(16)28-18/h2-3,12-13H,4-11H2,1H3,(H,23,25). The normalized spacial score (nSPS) is 21.4. The largest absolute Gasteiger partial charge is 0.370 e. The maximum atomic E-state index is 13.1. The van der Waals surface area contributed by atoms with E-state index < -0.39 is 0 Å². The Morgan fingerprint density at radius 3 is 2.86 bits per heavy atom. The van der Waals surface area contributed by atoms with Crippen LogP contribution in [0.2, 0.25) is 0 Å². The summed E-state index contributed by atoms with van der Waals surface area (Å²) in [7, 11) is 0. The molecule has 1 fully saturated rings. The Morgan fingerprint density at radius 1 is 1.25 bits per heavy atom. The van der Waals surface area contributed by atoms with Crippen molar-refractivity contribution < 1.29 is 14.3 Å². The maximum Gasteiger partial charge on any atom is 0.261 e. The molecule has 0 saturated carbocycles. The fraction of sp³-hybridized carbons (Fsp3) is 0.455. The fourth-order valence-electron chi connectivity index (χ4n) is 4.63. The van der Waals surface area contributed by atoms with E-state index in [-0.39, 0.29) is 17.4 Å². The van der Waals surface area contributed by atoms with Crippen LogP contribution in [0.3, 0.4) is 0 Å². The van der Waals surface area contributed by atoms with Crippen LogP contribution in [0.15, 0.2) is 29.8 Å². The number of amides is 2. The highest BCUT2D eigenvalue weighted by atomic mass is 32.1. The van der Waals surface area contributed by atoms with Gasteiger partial charge in [-0.25, -0.2) is 0 Å². The summed E-state index contributed by atoms with van der Waals surface area (Å²) >= 11 is 1.52. The van der Waals surface area contributed by atoms with E-state index >= 15 is 0 Å². The quantitative estimate of drug-likeness (QED) is 0.751. The molecule has 5 nitrogen and oxygen atoms in total. The highest BCUT2D eigenvalue weighted by molar-refractivity contribution is 7.21. The number of ether oxygens (including phenoxy) is 1. The first-order chi connectivity index (χ1) is 13.5. The topological polar surface area (TPSA) is 58.6 Å². The number of carbonyl (C=O) groups is 2. The summed E-state index contributed by atoms with van der Waals surface area (Å²) in [5.41, 5.74) is 3.02. The molecule has 1 saturated heterocycles. The van der Waals surface area contributed by atoms with Gasteiger partial charge in [-0.05, 0) is 61.8 Å². The first-order valence-electron chi connectivity index (χ1n) is 10.00. The molecule has 5 rings (SSSR count). The van der Waals surface area contributed by atoms with Gasteiger partial charge in [-0.3, -0.25) is 9.59 Å². The lowest BCUT2D eigenvalue weighted by atomic mass is 9.86. The van der Waals surface area contributed by atoms with Gasteiger partial charge >= 0.3 is 0 Å². The zero-order valence-electron chi connectivity index (χ0n) is 16.0. The number of hydrogen-bond donors (Lipinski definition) is 1. The van der Waals surface area contributed by atoms with E-state index in [2.05, 4.69) is 18.3 Å². The number of thiophene rings is 1. The predicted molar refractivity (Wildman–Crippen MR) is 110 cm³/mol. The molecule has 4 heterocycles. The Balaban J connectivity index is 1.38. The number of nitrogens with one attached hydrogen (secondary N) is 1. The van der Waals surface area contributed by atoms with Crippen LogP contribution < -0.4 is 5.32 Å². The molecule has 28 heavy (non-hydrogen) atoms. The second kappa shape index (κ2) is 6.71. The van der Waals surface area contributed by atoms with E-state index in [0.29, 0.717) is 25.2 Å². The Kier molecular flexibility index (Phi) is 4.29. The number of hydrogen-bond acceptors (Lipinski definition) is 4. The van der Waals surface area contributed by atoms with Gasteiger partial charge in [0.2, 0.25) is 0 Å². The molecule has 3 aliphatic rings. The lowest BCUT2D eigenvalue weighted by Gasteiger charge is -2.42. The number of carbonyl (C=O) groups excluding carboxylic acids is 2. The Bertz CT molecular complexity index is 999. The molecule has 0 atom stereocenters. The molecule has 2 aromatic rings. The van der Waals surface area contributed by atoms with Gasteiger partial charge in [-0.15, -0.1) is 11.3 Å². The van der Waals surface area contributed by atoms with Crippen LogP contribution >= 0.6 is 11.3 Å². The smallest absolute Gasteiger partial charge is 0.261 e. The van der Waals surface area contributed by atoms with E-state index in [1.807, 2.05) is 23.1 Å². The van der Waals surface area contributed by atoms with E-state index in [4.69, 9.17) is 4.74 Å². The molecule has 146 valence electrons. The zero-order valence-corrected chi connectivity index (χ0v) is 16.9. The number of rotatable bonds is 1. The van der Waals surface area contributed by atoms with Gasteiger partial charge in [0.05, 0.1) is 17.1 Å². The summed E-state index contributed by atoms with van der Waals surface area (Å²) in [5, 5.41) is 3.96. The molecule has 1 spiro atoms. The van der Waals surface area contributed by atoms with Gasteiger partial charge in [0, 0.05) is 29.9 Å². The van der Waals surface area contributed by atoms with Gasteiger partial charge < -0.3 is 15.0 Å². The minimum atomic E-state index is -0.178. The van der Waals surface area contributed by atoms with Gasteiger partial charge in [0.1, 0.15) is 0 Å². The third-order valence-corrected chi connectivity index (χ3v) is 7.41. The van der Waals surface area contributed by atoms with Crippen molar-refractivity contribution in [1.29, 1.82) is 0 Å². The number of likely N-dealkylation sites (tertiary alicyclic amines) is 1. The zero-order chi connectivity index (χ0) is 19.3. The molecule has 6 heteroatoms. The Labute approximate surface area is 168 Å². The molecule has 2 amide bonds. The SMILES string of the molecule is CC1=CC2(CCN(C(=O)c3ccc4sc5c(c4c3)CCNC5=O)CC2)OCC1. The van der Waals surface area contributed by atoms with Gasteiger partial charge in [0.25, 0.3) is 11.8 Å². The molecule has 1 aromatic heterocycles. The lowest BCUT2D eigenvalue weighted by Crippen LogP contribution is -2.48. The van der Waals surface area contributed by atoms with Crippen molar-refractivity contribution in [3.05, 3.63) is 45.9 Å². The van der Waals surface area contributed by atoms with Crippen molar-refractivity contribution in [2.24, 2.45) is 0 Å². The van der Waals surface area contributed by atoms with Crippen LogP contribution in [0.25, 0.3) is 10.1 Å². The number of nitrogens with zero attached hydrogens (tertiary/aromatic N) is 1. The van der Waals surface area contributed by atoms with Gasteiger partial charge in [-0.1, -0.05) is 11.6 Å². The predicted octanol–water partition coefficient (Wildman–Crippen LogP) is 3.53. The molecule has 0 bridgehead atoms. The van der Waals surface area contributed by atoms with Crippen molar-refractivity contribution in [2.75, 3.05) is 26.2 Å². The Hall–Kier alpha value is -2.18. The van der Waals surface area contributed by atoms with Gasteiger partial charge in [-0.2, -0.15) is 0 Å². The summed E-state index contributed by atoms with van der Waals surface area (Å²) in [4.78, 5) is 28.0. The van der Waals surface area contributed by atoms with E-state index in [1.165, 1.54) is 16.9 Å². The number of piperidine rings is 1.